The molecule has 2 aromatic rings. The van der Waals surface area contributed by atoms with Crippen LogP contribution in [0, 0.1) is 20.8 Å². The van der Waals surface area contributed by atoms with Gasteiger partial charge >= 0.3 is 5.91 Å². The van der Waals surface area contributed by atoms with Crippen LogP contribution in [0.4, 0.5) is 0 Å². The molecule has 122 valence electrons. The topological polar surface area (TPSA) is 80.6 Å². The summed E-state index contributed by atoms with van der Waals surface area (Å²) in [6.07, 6.45) is 1.04. The molecule has 23 heavy (non-hydrogen) atoms. The number of carbonyl (C=O) groups is 2. The van der Waals surface area contributed by atoms with Gasteiger partial charge in [-0.25, -0.2) is 0 Å². The molecule has 1 aromatic heterocycles. The van der Waals surface area contributed by atoms with Gasteiger partial charge in [-0.05, 0) is 44.7 Å². The fourth-order valence-corrected chi connectivity index (χ4v) is 2.93. The van der Waals surface area contributed by atoms with E-state index in [1.165, 1.54) is 0 Å². The predicted molar refractivity (Wildman–Crippen MR) is 85.0 cm³/mol. The highest BCUT2D eigenvalue weighted by Crippen LogP contribution is 2.30. The van der Waals surface area contributed by atoms with Gasteiger partial charge in [0.1, 0.15) is 11.7 Å². The number of furan rings is 1. The molecule has 2 N–H and O–H groups in total. The van der Waals surface area contributed by atoms with Crippen molar-refractivity contribution in [2.24, 2.45) is 0 Å². The van der Waals surface area contributed by atoms with Crippen molar-refractivity contribution < 1.29 is 18.7 Å². The molecule has 0 bridgehead atoms. The number of carbonyl (C=O) groups excluding carboxylic acids is 2. The van der Waals surface area contributed by atoms with E-state index in [-0.39, 0.29) is 11.7 Å². The third-order valence-electron chi connectivity index (χ3n) is 4.21. The van der Waals surface area contributed by atoms with E-state index in [4.69, 9.17) is 9.15 Å². The zero-order chi connectivity index (χ0) is 16.6. The molecule has 6 nitrogen and oxygen atoms in total. The molecule has 2 heterocycles. The molecule has 1 aliphatic rings. The quantitative estimate of drug-likeness (QED) is 0.833. The minimum atomic E-state index is -0.489. The number of benzene rings is 1. The second kappa shape index (κ2) is 6.04. The van der Waals surface area contributed by atoms with Crippen LogP contribution < -0.4 is 10.9 Å². The molecule has 1 fully saturated rings. The minimum absolute atomic E-state index is 0.213. The van der Waals surface area contributed by atoms with Crippen molar-refractivity contribution in [1.29, 1.82) is 0 Å². The Balaban J connectivity index is 1.78. The molecule has 0 aliphatic carbocycles. The van der Waals surface area contributed by atoms with Crippen molar-refractivity contribution in [2.75, 3.05) is 6.61 Å². The van der Waals surface area contributed by atoms with Gasteiger partial charge < -0.3 is 9.15 Å². The normalized spacial score (nSPS) is 17.4. The maximum atomic E-state index is 12.3. The third kappa shape index (κ3) is 2.82. The van der Waals surface area contributed by atoms with Crippen molar-refractivity contribution in [3.05, 3.63) is 34.6 Å². The third-order valence-corrected chi connectivity index (χ3v) is 4.21. The van der Waals surface area contributed by atoms with Gasteiger partial charge in [-0.2, -0.15) is 0 Å². The Hall–Kier alpha value is -2.34. The summed E-state index contributed by atoms with van der Waals surface area (Å²) >= 11 is 0. The molecule has 0 spiro atoms. The predicted octanol–water partition coefficient (Wildman–Crippen LogP) is 2.30. The summed E-state index contributed by atoms with van der Waals surface area (Å²) in [5.74, 6) is -0.592. The number of nitrogens with one attached hydrogen (secondary N) is 2. The molecule has 2 amide bonds. The Morgan fingerprint density at radius 2 is 1.87 bits per heavy atom. The van der Waals surface area contributed by atoms with Crippen LogP contribution in [0.2, 0.25) is 0 Å². The van der Waals surface area contributed by atoms with Crippen LogP contribution in [0.25, 0.3) is 11.0 Å². The lowest BCUT2D eigenvalue weighted by Gasteiger charge is -2.10. The van der Waals surface area contributed by atoms with Crippen molar-refractivity contribution in [1.82, 2.24) is 10.9 Å². The summed E-state index contributed by atoms with van der Waals surface area (Å²) in [5, 5.41) is 0.945. The Bertz CT molecular complexity index is 772. The maximum absolute atomic E-state index is 12.3. The van der Waals surface area contributed by atoms with Crippen LogP contribution in [0.1, 0.15) is 40.1 Å². The van der Waals surface area contributed by atoms with E-state index in [0.717, 1.165) is 28.5 Å². The first-order valence-electron chi connectivity index (χ1n) is 7.70. The van der Waals surface area contributed by atoms with Crippen LogP contribution in [0.3, 0.4) is 0 Å². The number of fused-ring (bicyclic) bond motifs is 1. The summed E-state index contributed by atoms with van der Waals surface area (Å²) < 4.78 is 11.0. The molecule has 1 aliphatic heterocycles. The van der Waals surface area contributed by atoms with Crippen LogP contribution >= 0.6 is 0 Å². The summed E-state index contributed by atoms with van der Waals surface area (Å²) in [4.78, 5) is 24.2. The number of hydrogen-bond acceptors (Lipinski definition) is 4. The van der Waals surface area contributed by atoms with Gasteiger partial charge in [0.05, 0.1) is 0 Å². The number of aryl methyl sites for hydroxylation is 3. The number of hydrazine groups is 1. The van der Waals surface area contributed by atoms with Crippen LogP contribution in [0.5, 0.6) is 0 Å². The zero-order valence-electron chi connectivity index (χ0n) is 13.5. The Kier molecular flexibility index (Phi) is 4.09. The van der Waals surface area contributed by atoms with Crippen LogP contribution in [0.15, 0.2) is 16.5 Å². The van der Waals surface area contributed by atoms with Crippen LogP contribution in [-0.4, -0.2) is 24.5 Å². The lowest BCUT2D eigenvalue weighted by atomic mass is 10.0. The van der Waals surface area contributed by atoms with Crippen molar-refractivity contribution in [3.63, 3.8) is 0 Å². The number of ether oxygens (including phenoxy) is 1. The van der Waals surface area contributed by atoms with E-state index in [2.05, 4.69) is 10.9 Å². The Morgan fingerprint density at radius 3 is 2.52 bits per heavy atom. The average molecular weight is 316 g/mol. The van der Waals surface area contributed by atoms with Gasteiger partial charge in [0.15, 0.2) is 5.76 Å². The van der Waals surface area contributed by atoms with E-state index < -0.39 is 12.0 Å². The lowest BCUT2D eigenvalue weighted by Crippen LogP contribution is -2.46. The smallest absolute Gasteiger partial charge is 0.305 e. The average Bonchev–Trinajstić information content (AvgIpc) is 3.17. The molecule has 6 heteroatoms. The largest absolute Gasteiger partial charge is 0.450 e. The first-order valence-corrected chi connectivity index (χ1v) is 7.70. The van der Waals surface area contributed by atoms with E-state index in [9.17, 15) is 9.59 Å². The molecule has 3 rings (SSSR count). The molecular weight excluding hydrogens is 296 g/mol. The van der Waals surface area contributed by atoms with Crippen molar-refractivity contribution >= 4 is 22.8 Å². The first-order chi connectivity index (χ1) is 11.0. The molecule has 0 radical (unpaired) electrons. The molecular formula is C17H20N2O4. The number of hydrogen-bond donors (Lipinski definition) is 2. The second-order valence-electron chi connectivity index (χ2n) is 5.90. The van der Waals surface area contributed by atoms with E-state index in [1.54, 1.807) is 0 Å². The maximum Gasteiger partial charge on any atom is 0.305 e. The standard InChI is InChI=1S/C17H20N2O4/c1-9-6-7-10(2)14-13(9)11(3)15(23-14)17(21)19-18-16(20)12-5-4-8-22-12/h6-7,12H,4-5,8H2,1-3H3,(H,18,20)(H,19,21). The van der Waals surface area contributed by atoms with Gasteiger partial charge in [-0.15, -0.1) is 0 Å². The minimum Gasteiger partial charge on any atom is -0.450 e. The first kappa shape index (κ1) is 15.6. The molecule has 1 unspecified atom stereocenters. The number of amides is 2. The Labute approximate surface area is 134 Å². The van der Waals surface area contributed by atoms with Crippen molar-refractivity contribution in [2.45, 2.75) is 39.7 Å². The van der Waals surface area contributed by atoms with E-state index in [0.29, 0.717) is 18.6 Å². The molecule has 1 aromatic carbocycles. The van der Waals surface area contributed by atoms with Gasteiger partial charge in [0, 0.05) is 17.6 Å². The summed E-state index contributed by atoms with van der Waals surface area (Å²) in [5.41, 5.74) is 8.30. The Morgan fingerprint density at radius 1 is 1.13 bits per heavy atom. The second-order valence-corrected chi connectivity index (χ2v) is 5.90. The fourth-order valence-electron chi connectivity index (χ4n) is 2.93. The highest BCUT2D eigenvalue weighted by Gasteiger charge is 2.25. The highest BCUT2D eigenvalue weighted by molar-refractivity contribution is 6.01. The number of rotatable bonds is 2. The lowest BCUT2D eigenvalue weighted by molar-refractivity contribution is -0.130. The summed E-state index contributed by atoms with van der Waals surface area (Å²) in [6, 6.07) is 3.96. The highest BCUT2D eigenvalue weighted by atomic mass is 16.5. The fraction of sp³-hybridized carbons (Fsp3) is 0.412. The summed E-state index contributed by atoms with van der Waals surface area (Å²) in [6.45, 7) is 6.33. The van der Waals surface area contributed by atoms with Crippen LogP contribution in [-0.2, 0) is 9.53 Å². The van der Waals surface area contributed by atoms with E-state index >= 15 is 0 Å². The molecule has 1 atom stereocenters. The van der Waals surface area contributed by atoms with Gasteiger partial charge in [-0.1, -0.05) is 12.1 Å². The zero-order valence-corrected chi connectivity index (χ0v) is 13.5. The molecule has 0 saturated carbocycles. The SMILES string of the molecule is Cc1ccc(C)c2c(C)c(C(=O)NNC(=O)C3CCCO3)oc12. The van der Waals surface area contributed by atoms with E-state index in [1.807, 2.05) is 32.9 Å². The molecule has 1 saturated heterocycles. The van der Waals surface area contributed by atoms with Gasteiger partial charge in [0.25, 0.3) is 5.91 Å². The monoisotopic (exact) mass is 316 g/mol. The van der Waals surface area contributed by atoms with Gasteiger partial charge in [-0.3, -0.25) is 20.4 Å². The van der Waals surface area contributed by atoms with Crippen molar-refractivity contribution in [3.8, 4) is 0 Å². The summed E-state index contributed by atoms with van der Waals surface area (Å²) in [7, 11) is 0. The van der Waals surface area contributed by atoms with Gasteiger partial charge in [0.2, 0.25) is 0 Å².